The maximum absolute atomic E-state index is 10.7. The lowest BCUT2D eigenvalue weighted by molar-refractivity contribution is 0.315. The Morgan fingerprint density at radius 2 is 2.19 bits per heavy atom. The Labute approximate surface area is 93.3 Å². The molecule has 0 spiro atoms. The highest BCUT2D eigenvalue weighted by Gasteiger charge is 2.17. The van der Waals surface area contributed by atoms with Gasteiger partial charge in [-0.25, -0.2) is 0 Å². The van der Waals surface area contributed by atoms with Gasteiger partial charge in [0.05, 0.1) is 0 Å². The van der Waals surface area contributed by atoms with Crippen molar-refractivity contribution in [2.75, 3.05) is 0 Å². The van der Waals surface area contributed by atoms with E-state index in [0.29, 0.717) is 6.42 Å². The van der Waals surface area contributed by atoms with Crippen LogP contribution in [0.15, 0.2) is 26.8 Å². The van der Waals surface area contributed by atoms with E-state index in [4.69, 9.17) is 14.2 Å². The topological polar surface area (TPSA) is 100 Å². The summed E-state index contributed by atoms with van der Waals surface area (Å²) in [6.07, 6.45) is 2.18. The van der Waals surface area contributed by atoms with Crippen LogP contribution < -0.4 is 0 Å². The lowest BCUT2D eigenvalue weighted by Crippen LogP contribution is -2.00. The van der Waals surface area contributed by atoms with E-state index in [0.717, 1.165) is 18.9 Å². The van der Waals surface area contributed by atoms with E-state index in [-0.39, 0.29) is 11.5 Å². The average molecular weight is 247 g/mol. The van der Waals surface area contributed by atoms with Crippen LogP contribution in [0.5, 0.6) is 0 Å². The molecule has 0 radical (unpaired) electrons. The maximum Gasteiger partial charge on any atom is 0.328 e. The van der Waals surface area contributed by atoms with Gasteiger partial charge in [-0.1, -0.05) is 18.5 Å². The highest BCUT2D eigenvalue weighted by Crippen LogP contribution is 2.16. The molecule has 0 aliphatic heterocycles. The Hall–Kier alpha value is -1.34. The highest BCUT2D eigenvalue weighted by atomic mass is 32.2. The summed E-state index contributed by atoms with van der Waals surface area (Å²) in [4.78, 5) is 0. The zero-order valence-electron chi connectivity index (χ0n) is 8.75. The molecule has 6 nitrogen and oxygen atoms in total. The van der Waals surface area contributed by atoms with Crippen molar-refractivity contribution in [3.05, 3.63) is 17.9 Å². The molecular formula is C9H13NO5S. The molecule has 0 fully saturated rings. The third-order valence-corrected chi connectivity index (χ3v) is 2.74. The molecule has 0 aliphatic carbocycles. The van der Waals surface area contributed by atoms with E-state index >= 15 is 0 Å². The van der Waals surface area contributed by atoms with Gasteiger partial charge in [-0.15, -0.1) is 0 Å². The Balaban J connectivity index is 2.92. The van der Waals surface area contributed by atoms with Crippen molar-refractivity contribution in [2.45, 2.75) is 31.3 Å². The van der Waals surface area contributed by atoms with Crippen molar-refractivity contribution in [1.29, 1.82) is 0 Å². The molecule has 1 aromatic rings. The molecule has 1 heterocycles. The van der Waals surface area contributed by atoms with Gasteiger partial charge < -0.3 is 9.62 Å². The van der Waals surface area contributed by atoms with Crippen molar-refractivity contribution in [3.8, 4) is 0 Å². The fraction of sp³-hybridized carbons (Fsp3) is 0.444. The molecule has 0 bridgehead atoms. The number of oxime groups is 1. The van der Waals surface area contributed by atoms with Gasteiger partial charge in [0.1, 0.15) is 5.71 Å². The van der Waals surface area contributed by atoms with Gasteiger partial charge in [0.25, 0.3) is 0 Å². The van der Waals surface area contributed by atoms with Crippen molar-refractivity contribution in [3.63, 3.8) is 0 Å². The standard InChI is InChI=1S/C9H13NO5S/c1-2-3-4-7(10-11)8-5-6-9(15-8)16(12,13)14/h5-6,11H,2-4H2,1H3,(H,12,13,14). The molecule has 7 heteroatoms. The molecule has 0 unspecified atom stereocenters. The van der Waals surface area contributed by atoms with E-state index in [2.05, 4.69) is 5.16 Å². The van der Waals surface area contributed by atoms with E-state index in [1.807, 2.05) is 6.92 Å². The first-order chi connectivity index (χ1) is 7.49. The summed E-state index contributed by atoms with van der Waals surface area (Å²) in [5, 5.41) is 11.2. The molecule has 0 atom stereocenters. The number of nitrogens with zero attached hydrogens (tertiary/aromatic N) is 1. The predicted molar refractivity (Wildman–Crippen MR) is 56.4 cm³/mol. The van der Waals surface area contributed by atoms with Crippen LogP contribution in [0.4, 0.5) is 0 Å². The quantitative estimate of drug-likeness (QED) is 0.358. The Morgan fingerprint density at radius 3 is 2.62 bits per heavy atom. The molecule has 0 amide bonds. The number of rotatable bonds is 5. The van der Waals surface area contributed by atoms with Gasteiger partial charge in [0.2, 0.25) is 5.09 Å². The van der Waals surface area contributed by atoms with E-state index < -0.39 is 15.2 Å². The minimum atomic E-state index is -4.35. The zero-order valence-corrected chi connectivity index (χ0v) is 9.57. The lowest BCUT2D eigenvalue weighted by Gasteiger charge is -1.98. The van der Waals surface area contributed by atoms with Gasteiger partial charge in [0, 0.05) is 0 Å². The second-order valence-electron chi connectivity index (χ2n) is 3.24. The van der Waals surface area contributed by atoms with Gasteiger partial charge in [0.15, 0.2) is 5.76 Å². The molecule has 0 aliphatic rings. The third kappa shape index (κ3) is 3.07. The SMILES string of the molecule is CCCCC(=NO)c1ccc(S(=O)(=O)O)o1. The lowest BCUT2D eigenvalue weighted by atomic mass is 10.1. The molecule has 90 valence electrons. The van der Waals surface area contributed by atoms with E-state index in [9.17, 15) is 8.42 Å². The van der Waals surface area contributed by atoms with Gasteiger partial charge in [-0.2, -0.15) is 8.42 Å². The van der Waals surface area contributed by atoms with Gasteiger partial charge >= 0.3 is 10.1 Å². The second-order valence-corrected chi connectivity index (χ2v) is 4.60. The van der Waals surface area contributed by atoms with Crippen LogP contribution in [-0.2, 0) is 10.1 Å². The summed E-state index contributed by atoms with van der Waals surface area (Å²) < 4.78 is 35.0. The minimum absolute atomic E-state index is 0.142. The normalized spacial score (nSPS) is 13.0. The summed E-state index contributed by atoms with van der Waals surface area (Å²) in [6, 6.07) is 2.45. The first kappa shape index (κ1) is 12.7. The van der Waals surface area contributed by atoms with Crippen LogP contribution in [0.25, 0.3) is 0 Å². The van der Waals surface area contributed by atoms with Crippen LogP contribution in [0.1, 0.15) is 31.9 Å². The van der Waals surface area contributed by atoms with Crippen molar-refractivity contribution >= 4 is 15.8 Å². The first-order valence-corrected chi connectivity index (χ1v) is 6.21. The maximum atomic E-state index is 10.7. The molecule has 16 heavy (non-hydrogen) atoms. The molecule has 0 aromatic carbocycles. The molecule has 1 aromatic heterocycles. The second kappa shape index (κ2) is 5.13. The van der Waals surface area contributed by atoms with Crippen molar-refractivity contribution in [1.82, 2.24) is 0 Å². The number of furan rings is 1. The monoisotopic (exact) mass is 247 g/mol. The summed E-state index contributed by atoms with van der Waals surface area (Å²) in [5.41, 5.74) is 0.261. The van der Waals surface area contributed by atoms with E-state index in [1.54, 1.807) is 0 Å². The predicted octanol–water partition coefficient (Wildman–Crippen LogP) is 1.89. The summed E-state index contributed by atoms with van der Waals surface area (Å²) >= 11 is 0. The third-order valence-electron chi connectivity index (χ3n) is 2.01. The van der Waals surface area contributed by atoms with Crippen LogP contribution in [0.3, 0.4) is 0 Å². The van der Waals surface area contributed by atoms with Crippen molar-refractivity contribution < 1.29 is 22.6 Å². The van der Waals surface area contributed by atoms with Crippen LogP contribution in [0.2, 0.25) is 0 Å². The number of hydrogen-bond acceptors (Lipinski definition) is 5. The van der Waals surface area contributed by atoms with Crippen molar-refractivity contribution in [2.24, 2.45) is 5.16 Å². The molecule has 0 saturated carbocycles. The Bertz CT molecular complexity index is 474. The van der Waals surface area contributed by atoms with E-state index in [1.165, 1.54) is 6.07 Å². The minimum Gasteiger partial charge on any atom is -0.441 e. The summed E-state index contributed by atoms with van der Waals surface area (Å²) in [5.74, 6) is 0.142. The first-order valence-electron chi connectivity index (χ1n) is 4.77. The number of hydrogen-bond donors (Lipinski definition) is 2. The summed E-state index contributed by atoms with van der Waals surface area (Å²) in [7, 11) is -4.35. The van der Waals surface area contributed by atoms with Gasteiger partial charge in [-0.3, -0.25) is 4.55 Å². The van der Waals surface area contributed by atoms with Crippen LogP contribution in [-0.4, -0.2) is 23.9 Å². The fourth-order valence-corrected chi connectivity index (χ4v) is 1.62. The van der Waals surface area contributed by atoms with Crippen LogP contribution in [0, 0.1) is 0 Å². The molecule has 1 rings (SSSR count). The van der Waals surface area contributed by atoms with Gasteiger partial charge in [-0.05, 0) is 25.0 Å². The van der Waals surface area contributed by atoms with Crippen LogP contribution >= 0.6 is 0 Å². The average Bonchev–Trinajstić information content (AvgIpc) is 2.68. The fourth-order valence-electron chi connectivity index (χ4n) is 1.18. The smallest absolute Gasteiger partial charge is 0.328 e. The highest BCUT2D eigenvalue weighted by molar-refractivity contribution is 7.85. The molecular weight excluding hydrogens is 234 g/mol. The largest absolute Gasteiger partial charge is 0.441 e. The number of unbranched alkanes of at least 4 members (excludes halogenated alkanes) is 1. The Kier molecular flexibility index (Phi) is 4.08. The molecule has 0 saturated heterocycles. The molecule has 2 N–H and O–H groups in total. The summed E-state index contributed by atoms with van der Waals surface area (Å²) in [6.45, 7) is 1.97. The Morgan fingerprint density at radius 1 is 1.50 bits per heavy atom. The zero-order chi connectivity index (χ0) is 12.2.